The van der Waals surface area contributed by atoms with Crippen LogP contribution in [0.1, 0.15) is 24.8 Å². The molecular formula is C14H19ClN2O3. The van der Waals surface area contributed by atoms with Crippen LogP contribution >= 0.6 is 11.6 Å². The van der Waals surface area contributed by atoms with E-state index >= 15 is 0 Å². The zero-order chi connectivity index (χ0) is 14.5. The van der Waals surface area contributed by atoms with Crippen LogP contribution in [0.2, 0.25) is 5.02 Å². The van der Waals surface area contributed by atoms with Crippen molar-refractivity contribution in [1.82, 2.24) is 5.32 Å². The van der Waals surface area contributed by atoms with E-state index in [1.54, 1.807) is 6.07 Å². The number of aliphatic hydroxyl groups excluding tert-OH is 1. The van der Waals surface area contributed by atoms with Gasteiger partial charge in [0.15, 0.2) is 0 Å². The summed E-state index contributed by atoms with van der Waals surface area (Å²) in [5.74, 6) is 0.909. The van der Waals surface area contributed by atoms with Gasteiger partial charge in [-0.2, -0.15) is 0 Å². The lowest BCUT2D eigenvalue weighted by atomic mass is 9.97. The predicted molar refractivity (Wildman–Crippen MR) is 77.7 cm³/mol. The van der Waals surface area contributed by atoms with Crippen molar-refractivity contribution in [1.29, 1.82) is 0 Å². The summed E-state index contributed by atoms with van der Waals surface area (Å²) >= 11 is 6.04. The minimum Gasteiger partial charge on any atom is -0.396 e. The number of hydrogen-bond acceptors (Lipinski definition) is 4. The first-order chi connectivity index (χ1) is 9.61. The summed E-state index contributed by atoms with van der Waals surface area (Å²) in [6.07, 6.45) is 3.42. The van der Waals surface area contributed by atoms with E-state index in [0.29, 0.717) is 23.4 Å². The predicted octanol–water partition coefficient (Wildman–Crippen LogP) is 2.75. The van der Waals surface area contributed by atoms with E-state index in [4.69, 9.17) is 11.6 Å². The molecule has 1 aliphatic carbocycles. The van der Waals surface area contributed by atoms with Gasteiger partial charge in [-0.15, -0.1) is 0 Å². The van der Waals surface area contributed by atoms with Crippen molar-refractivity contribution in [2.24, 2.45) is 11.8 Å². The Morgan fingerprint density at radius 2 is 2.15 bits per heavy atom. The molecule has 2 unspecified atom stereocenters. The first-order valence-electron chi connectivity index (χ1n) is 6.86. The molecule has 0 bridgehead atoms. The number of nitrogens with zero attached hydrogens (tertiary/aromatic N) is 1. The number of aliphatic hydroxyl groups is 1. The summed E-state index contributed by atoms with van der Waals surface area (Å²) in [4.78, 5) is 10.2. The molecule has 1 aliphatic rings. The highest BCUT2D eigenvalue weighted by Gasteiger charge is 2.25. The van der Waals surface area contributed by atoms with Crippen LogP contribution in [0.3, 0.4) is 0 Å². The van der Waals surface area contributed by atoms with Crippen LogP contribution in [0, 0.1) is 22.0 Å². The lowest BCUT2D eigenvalue weighted by Gasteiger charge is -2.18. The van der Waals surface area contributed by atoms with Gasteiger partial charge in [-0.3, -0.25) is 10.1 Å². The minimum atomic E-state index is -0.451. The lowest BCUT2D eigenvalue weighted by Crippen LogP contribution is -2.26. The molecule has 0 radical (unpaired) electrons. The molecule has 1 aromatic carbocycles. The zero-order valence-electron chi connectivity index (χ0n) is 11.2. The van der Waals surface area contributed by atoms with Crippen LogP contribution in [0.15, 0.2) is 18.2 Å². The number of benzene rings is 1. The first kappa shape index (κ1) is 15.2. The van der Waals surface area contributed by atoms with E-state index in [-0.39, 0.29) is 12.3 Å². The Balaban J connectivity index is 1.86. The maximum absolute atomic E-state index is 10.6. The van der Waals surface area contributed by atoms with Crippen LogP contribution < -0.4 is 5.32 Å². The van der Waals surface area contributed by atoms with Gasteiger partial charge in [-0.1, -0.05) is 18.0 Å². The second-order valence-electron chi connectivity index (χ2n) is 5.30. The molecule has 5 nitrogen and oxygen atoms in total. The molecule has 110 valence electrons. The molecule has 0 amide bonds. The van der Waals surface area contributed by atoms with E-state index < -0.39 is 4.92 Å². The molecule has 20 heavy (non-hydrogen) atoms. The standard InChI is InChI=1S/C14H19ClN2O3/c15-14-6-13(17(19)20)5-4-11(14)8-16-7-10-2-1-3-12(10)9-18/h4-6,10,12,16,18H,1-3,7-9H2. The minimum absolute atomic E-state index is 0.00916. The van der Waals surface area contributed by atoms with Crippen molar-refractivity contribution < 1.29 is 10.0 Å². The van der Waals surface area contributed by atoms with E-state index in [9.17, 15) is 15.2 Å². The summed E-state index contributed by atoms with van der Waals surface area (Å²) in [5, 5.41) is 23.6. The summed E-state index contributed by atoms with van der Waals surface area (Å²) in [6.45, 7) is 1.69. The quantitative estimate of drug-likeness (QED) is 0.625. The molecule has 0 aromatic heterocycles. The lowest BCUT2D eigenvalue weighted by molar-refractivity contribution is -0.384. The summed E-state index contributed by atoms with van der Waals surface area (Å²) in [7, 11) is 0. The van der Waals surface area contributed by atoms with Gasteiger partial charge >= 0.3 is 0 Å². The molecule has 1 fully saturated rings. The number of hydrogen-bond donors (Lipinski definition) is 2. The number of non-ortho nitro benzene ring substituents is 1. The Labute approximate surface area is 123 Å². The molecular weight excluding hydrogens is 280 g/mol. The van der Waals surface area contributed by atoms with Crippen molar-refractivity contribution >= 4 is 17.3 Å². The van der Waals surface area contributed by atoms with Crippen LogP contribution in [-0.2, 0) is 6.54 Å². The molecule has 0 heterocycles. The third kappa shape index (κ3) is 3.69. The Bertz CT molecular complexity index is 481. The van der Waals surface area contributed by atoms with Gasteiger partial charge in [0.25, 0.3) is 5.69 Å². The molecule has 6 heteroatoms. The monoisotopic (exact) mass is 298 g/mol. The maximum Gasteiger partial charge on any atom is 0.270 e. The molecule has 1 aromatic rings. The van der Waals surface area contributed by atoms with Crippen molar-refractivity contribution in [3.63, 3.8) is 0 Å². The van der Waals surface area contributed by atoms with Gasteiger partial charge in [0, 0.05) is 25.3 Å². The number of halogens is 1. The fourth-order valence-corrected chi connectivity index (χ4v) is 3.05. The summed E-state index contributed by atoms with van der Waals surface area (Å²) < 4.78 is 0. The topological polar surface area (TPSA) is 75.4 Å². The number of rotatable bonds is 6. The van der Waals surface area contributed by atoms with E-state index in [1.165, 1.54) is 18.6 Å². The first-order valence-corrected chi connectivity index (χ1v) is 7.24. The number of nitro benzene ring substituents is 1. The molecule has 2 atom stereocenters. The van der Waals surface area contributed by atoms with Crippen molar-refractivity contribution in [2.45, 2.75) is 25.8 Å². The maximum atomic E-state index is 10.6. The van der Waals surface area contributed by atoms with Gasteiger partial charge < -0.3 is 10.4 Å². The Morgan fingerprint density at radius 1 is 1.40 bits per heavy atom. The van der Waals surface area contributed by atoms with Crippen molar-refractivity contribution in [3.8, 4) is 0 Å². The number of nitrogens with one attached hydrogen (secondary N) is 1. The Kier molecular flexibility index (Phi) is 5.34. The van der Waals surface area contributed by atoms with E-state index in [0.717, 1.165) is 24.9 Å². The average molecular weight is 299 g/mol. The van der Waals surface area contributed by atoms with E-state index in [2.05, 4.69) is 5.32 Å². The van der Waals surface area contributed by atoms with Crippen LogP contribution in [-0.4, -0.2) is 23.2 Å². The Hall–Kier alpha value is -1.17. The van der Waals surface area contributed by atoms with Gasteiger partial charge in [-0.05, 0) is 42.9 Å². The third-order valence-electron chi connectivity index (χ3n) is 4.02. The van der Waals surface area contributed by atoms with Crippen molar-refractivity contribution in [2.75, 3.05) is 13.2 Å². The van der Waals surface area contributed by atoms with Crippen molar-refractivity contribution in [3.05, 3.63) is 38.9 Å². The molecule has 0 spiro atoms. The molecule has 1 saturated carbocycles. The fraction of sp³-hybridized carbons (Fsp3) is 0.571. The van der Waals surface area contributed by atoms with E-state index in [1.807, 2.05) is 0 Å². The second kappa shape index (κ2) is 7.02. The van der Waals surface area contributed by atoms with Gasteiger partial charge in [-0.25, -0.2) is 0 Å². The smallest absolute Gasteiger partial charge is 0.270 e. The second-order valence-corrected chi connectivity index (χ2v) is 5.70. The van der Waals surface area contributed by atoms with Gasteiger partial charge in [0.1, 0.15) is 0 Å². The van der Waals surface area contributed by atoms with Gasteiger partial charge in [0.05, 0.1) is 9.95 Å². The van der Waals surface area contributed by atoms with Gasteiger partial charge in [0.2, 0.25) is 0 Å². The van der Waals surface area contributed by atoms with Crippen LogP contribution in [0.25, 0.3) is 0 Å². The molecule has 0 saturated heterocycles. The highest BCUT2D eigenvalue weighted by molar-refractivity contribution is 6.31. The average Bonchev–Trinajstić information content (AvgIpc) is 2.87. The third-order valence-corrected chi connectivity index (χ3v) is 4.37. The van der Waals surface area contributed by atoms with Crippen LogP contribution in [0.4, 0.5) is 5.69 Å². The number of nitro groups is 1. The summed E-state index contributed by atoms with van der Waals surface area (Å²) in [5.41, 5.74) is 0.866. The Morgan fingerprint density at radius 3 is 2.80 bits per heavy atom. The molecule has 2 N–H and O–H groups in total. The zero-order valence-corrected chi connectivity index (χ0v) is 12.0. The fourth-order valence-electron chi connectivity index (χ4n) is 2.81. The highest BCUT2D eigenvalue weighted by Crippen LogP contribution is 2.30. The summed E-state index contributed by atoms with van der Waals surface area (Å²) in [6, 6.07) is 4.53. The molecule has 0 aliphatic heterocycles. The molecule has 2 rings (SSSR count). The van der Waals surface area contributed by atoms with Crippen LogP contribution in [0.5, 0.6) is 0 Å². The highest BCUT2D eigenvalue weighted by atomic mass is 35.5. The largest absolute Gasteiger partial charge is 0.396 e. The normalized spacial score (nSPS) is 22.1. The SMILES string of the molecule is O=[N+]([O-])c1ccc(CNCC2CCCC2CO)c(Cl)c1.